The number of nitrogens with zero attached hydrogens (tertiary/aromatic N) is 1. The molecular formula is C31H27F3N2O2S. The van der Waals surface area contributed by atoms with Crippen LogP contribution >= 0.6 is 11.3 Å². The molecule has 0 saturated heterocycles. The zero-order chi connectivity index (χ0) is 27.4. The minimum atomic E-state index is -4.46. The zero-order valence-electron chi connectivity index (χ0n) is 21.0. The minimum Gasteiger partial charge on any atom is -0.352 e. The van der Waals surface area contributed by atoms with Gasteiger partial charge in [0.2, 0.25) is 11.8 Å². The van der Waals surface area contributed by atoms with Crippen molar-refractivity contribution in [3.8, 4) is 0 Å². The minimum absolute atomic E-state index is 0.0624. The predicted molar refractivity (Wildman–Crippen MR) is 145 cm³/mol. The summed E-state index contributed by atoms with van der Waals surface area (Å²) in [6.45, 7) is 0.466. The van der Waals surface area contributed by atoms with Gasteiger partial charge in [0, 0.05) is 24.4 Å². The molecule has 0 aliphatic carbocycles. The summed E-state index contributed by atoms with van der Waals surface area (Å²) < 4.78 is 39.3. The van der Waals surface area contributed by atoms with Crippen molar-refractivity contribution in [3.05, 3.63) is 129 Å². The molecule has 1 aliphatic heterocycles. The third kappa shape index (κ3) is 6.06. The fourth-order valence-electron chi connectivity index (χ4n) is 5.10. The largest absolute Gasteiger partial charge is 0.416 e. The predicted octanol–water partition coefficient (Wildman–Crippen LogP) is 6.73. The van der Waals surface area contributed by atoms with Crippen LogP contribution in [0.2, 0.25) is 0 Å². The molecule has 0 fully saturated rings. The van der Waals surface area contributed by atoms with Crippen LogP contribution in [-0.2, 0) is 28.7 Å². The lowest BCUT2D eigenvalue weighted by molar-refractivity contribution is -0.138. The number of amides is 2. The number of rotatable bonds is 7. The van der Waals surface area contributed by atoms with E-state index in [0.29, 0.717) is 12.1 Å². The molecule has 4 nitrogen and oxygen atoms in total. The van der Waals surface area contributed by atoms with E-state index in [4.69, 9.17) is 0 Å². The van der Waals surface area contributed by atoms with Gasteiger partial charge in [-0.1, -0.05) is 72.8 Å². The first-order valence-corrected chi connectivity index (χ1v) is 13.6. The smallest absolute Gasteiger partial charge is 0.352 e. The number of alkyl halides is 3. The fraction of sp³-hybridized carbons (Fsp3) is 0.226. The van der Waals surface area contributed by atoms with E-state index < -0.39 is 23.6 Å². The molecule has 0 radical (unpaired) electrons. The first kappa shape index (κ1) is 26.7. The van der Waals surface area contributed by atoms with Crippen molar-refractivity contribution in [2.75, 3.05) is 6.54 Å². The van der Waals surface area contributed by atoms with Crippen molar-refractivity contribution in [1.82, 2.24) is 10.2 Å². The Morgan fingerprint density at radius 2 is 1.67 bits per heavy atom. The quantitative estimate of drug-likeness (QED) is 0.278. The Kier molecular flexibility index (Phi) is 7.84. The summed E-state index contributed by atoms with van der Waals surface area (Å²) in [5.41, 5.74) is 2.40. The average molecular weight is 549 g/mol. The maximum Gasteiger partial charge on any atom is 0.416 e. The molecular weight excluding hydrogens is 521 g/mol. The summed E-state index contributed by atoms with van der Waals surface area (Å²) in [6, 6.07) is 25.7. The molecule has 1 aliphatic rings. The van der Waals surface area contributed by atoms with Crippen molar-refractivity contribution in [1.29, 1.82) is 0 Å². The normalized spacial score (nSPS) is 15.9. The van der Waals surface area contributed by atoms with E-state index in [2.05, 4.69) is 11.4 Å². The monoisotopic (exact) mass is 548 g/mol. The van der Waals surface area contributed by atoms with Gasteiger partial charge in [0.1, 0.15) is 0 Å². The highest BCUT2D eigenvalue weighted by molar-refractivity contribution is 7.10. The maximum absolute atomic E-state index is 14.2. The van der Waals surface area contributed by atoms with Gasteiger partial charge in [-0.15, -0.1) is 11.3 Å². The topological polar surface area (TPSA) is 49.4 Å². The molecule has 0 bridgehead atoms. The molecule has 0 saturated carbocycles. The van der Waals surface area contributed by atoms with Crippen molar-refractivity contribution in [2.45, 2.75) is 37.5 Å². The van der Waals surface area contributed by atoms with Crippen LogP contribution in [0.4, 0.5) is 13.2 Å². The lowest BCUT2D eigenvalue weighted by Gasteiger charge is -2.38. The molecule has 2 heterocycles. The van der Waals surface area contributed by atoms with Crippen molar-refractivity contribution < 1.29 is 22.8 Å². The Bertz CT molecular complexity index is 1440. The first-order chi connectivity index (χ1) is 18.8. The standard InChI is InChI=1S/C31H27F3N2O2S/c32-31(33,34)24-13-7-8-21(18-24)20-35-28(37)19-26(22-9-3-1-4-10-22)30(38)36-16-14-27-25(15-17-39-27)29(36)23-11-5-2-6-12-23/h1-13,15,17-18,26,29H,14,16,19-20H2,(H,35,37). The third-order valence-electron chi connectivity index (χ3n) is 7.00. The Morgan fingerprint density at radius 3 is 2.38 bits per heavy atom. The van der Waals surface area contributed by atoms with Crippen LogP contribution in [0.1, 0.15) is 51.1 Å². The number of carbonyl (C=O) groups is 2. The summed E-state index contributed by atoms with van der Waals surface area (Å²) in [6.07, 6.45) is -3.83. The number of nitrogens with one attached hydrogen (secondary N) is 1. The summed E-state index contributed by atoms with van der Waals surface area (Å²) in [5, 5.41) is 4.76. The van der Waals surface area contributed by atoms with E-state index in [1.165, 1.54) is 17.0 Å². The molecule has 1 aromatic heterocycles. The summed E-state index contributed by atoms with van der Waals surface area (Å²) >= 11 is 1.69. The van der Waals surface area contributed by atoms with Crippen LogP contribution in [0.3, 0.4) is 0 Å². The Hall–Kier alpha value is -3.91. The van der Waals surface area contributed by atoms with Gasteiger partial charge in [0.25, 0.3) is 0 Å². The Balaban J connectivity index is 1.38. The number of hydrogen-bond donors (Lipinski definition) is 1. The third-order valence-corrected chi connectivity index (χ3v) is 7.99. The molecule has 8 heteroatoms. The molecule has 2 unspecified atom stereocenters. The van der Waals surface area contributed by atoms with Crippen molar-refractivity contribution >= 4 is 23.2 Å². The van der Waals surface area contributed by atoms with Gasteiger partial charge in [-0.2, -0.15) is 13.2 Å². The highest BCUT2D eigenvalue weighted by Gasteiger charge is 2.37. The van der Waals surface area contributed by atoms with Gasteiger partial charge in [-0.3, -0.25) is 9.59 Å². The highest BCUT2D eigenvalue weighted by atomic mass is 32.1. The fourth-order valence-corrected chi connectivity index (χ4v) is 6.00. The van der Waals surface area contributed by atoms with Crippen LogP contribution < -0.4 is 5.32 Å². The second kappa shape index (κ2) is 11.5. The van der Waals surface area contributed by atoms with E-state index in [-0.39, 0.29) is 24.9 Å². The summed E-state index contributed by atoms with van der Waals surface area (Å²) in [4.78, 5) is 30.4. The van der Waals surface area contributed by atoms with Crippen LogP contribution in [0.25, 0.3) is 0 Å². The second-order valence-corrected chi connectivity index (χ2v) is 10.5. The first-order valence-electron chi connectivity index (χ1n) is 12.7. The van der Waals surface area contributed by atoms with E-state index in [1.807, 2.05) is 70.9 Å². The number of fused-ring (bicyclic) bond motifs is 1. The highest BCUT2D eigenvalue weighted by Crippen LogP contribution is 2.40. The summed E-state index contributed by atoms with van der Waals surface area (Å²) in [5.74, 6) is -1.29. The molecule has 2 atom stereocenters. The van der Waals surface area contributed by atoms with Crippen LogP contribution in [0, 0.1) is 0 Å². The van der Waals surface area contributed by atoms with Gasteiger partial charge in [0.15, 0.2) is 0 Å². The molecule has 1 N–H and O–H groups in total. The molecule has 4 aromatic rings. The van der Waals surface area contributed by atoms with Crippen molar-refractivity contribution in [2.24, 2.45) is 0 Å². The SMILES string of the molecule is O=C(CC(C(=O)N1CCc2sccc2C1c1ccccc1)c1ccccc1)NCc1cccc(C(F)(F)F)c1. The van der Waals surface area contributed by atoms with E-state index >= 15 is 0 Å². The van der Waals surface area contributed by atoms with Crippen LogP contribution in [0.15, 0.2) is 96.4 Å². The number of hydrogen-bond acceptors (Lipinski definition) is 3. The van der Waals surface area contributed by atoms with Gasteiger partial charge < -0.3 is 10.2 Å². The second-order valence-electron chi connectivity index (χ2n) is 9.54. The molecule has 5 rings (SSSR count). The Morgan fingerprint density at radius 1 is 0.949 bits per heavy atom. The zero-order valence-corrected chi connectivity index (χ0v) is 21.8. The molecule has 2 amide bonds. The van der Waals surface area contributed by atoms with Gasteiger partial charge in [-0.25, -0.2) is 0 Å². The lowest BCUT2D eigenvalue weighted by atomic mass is 9.88. The van der Waals surface area contributed by atoms with E-state index in [0.717, 1.165) is 35.2 Å². The van der Waals surface area contributed by atoms with Gasteiger partial charge in [0.05, 0.1) is 17.5 Å². The molecule has 3 aromatic carbocycles. The van der Waals surface area contributed by atoms with Gasteiger partial charge in [-0.05, 0) is 52.3 Å². The van der Waals surface area contributed by atoms with Crippen LogP contribution in [-0.4, -0.2) is 23.3 Å². The number of carbonyl (C=O) groups excluding carboxylic acids is 2. The maximum atomic E-state index is 14.2. The lowest BCUT2D eigenvalue weighted by Crippen LogP contribution is -2.43. The van der Waals surface area contributed by atoms with E-state index in [1.54, 1.807) is 11.3 Å². The van der Waals surface area contributed by atoms with Gasteiger partial charge >= 0.3 is 6.18 Å². The Labute approximate surface area is 229 Å². The number of halogens is 3. The molecule has 0 spiro atoms. The van der Waals surface area contributed by atoms with Crippen LogP contribution in [0.5, 0.6) is 0 Å². The number of thiophene rings is 1. The van der Waals surface area contributed by atoms with E-state index in [9.17, 15) is 22.8 Å². The number of benzene rings is 3. The molecule has 200 valence electrons. The van der Waals surface area contributed by atoms with Crippen molar-refractivity contribution in [3.63, 3.8) is 0 Å². The average Bonchev–Trinajstić information content (AvgIpc) is 3.44. The molecule has 39 heavy (non-hydrogen) atoms. The summed E-state index contributed by atoms with van der Waals surface area (Å²) in [7, 11) is 0.